The quantitative estimate of drug-likeness (QED) is 0.847. The van der Waals surface area contributed by atoms with Gasteiger partial charge in [-0.1, -0.05) is 13.0 Å². The highest BCUT2D eigenvalue weighted by Gasteiger charge is 2.20. The van der Waals surface area contributed by atoms with Crippen molar-refractivity contribution < 1.29 is 4.42 Å². The highest BCUT2D eigenvalue weighted by molar-refractivity contribution is 5.44. The van der Waals surface area contributed by atoms with Crippen molar-refractivity contribution in [1.29, 1.82) is 0 Å². The van der Waals surface area contributed by atoms with Crippen LogP contribution in [0.15, 0.2) is 35.1 Å². The standard InChI is InChI=1S/C13H17N3O/c1-3-15-11(12-9(2)6-8-17-12)10-5-4-7-16-13(10)14/h4-8,11,15H,3H2,1-2H3,(H2,14,16). The second-order valence-corrected chi connectivity index (χ2v) is 3.94. The zero-order valence-corrected chi connectivity index (χ0v) is 10.1. The van der Waals surface area contributed by atoms with Crippen molar-refractivity contribution in [1.82, 2.24) is 10.3 Å². The minimum atomic E-state index is -0.0382. The highest BCUT2D eigenvalue weighted by Crippen LogP contribution is 2.28. The third-order valence-electron chi connectivity index (χ3n) is 2.75. The predicted octanol–water partition coefficient (Wildman–Crippen LogP) is 2.26. The van der Waals surface area contributed by atoms with Crippen molar-refractivity contribution >= 4 is 5.82 Å². The fourth-order valence-electron chi connectivity index (χ4n) is 1.90. The van der Waals surface area contributed by atoms with Crippen LogP contribution in [0.5, 0.6) is 0 Å². The smallest absolute Gasteiger partial charge is 0.128 e. The zero-order valence-electron chi connectivity index (χ0n) is 10.1. The lowest BCUT2D eigenvalue weighted by atomic mass is 10.0. The molecule has 2 aromatic heterocycles. The number of hydrogen-bond acceptors (Lipinski definition) is 4. The Hall–Kier alpha value is -1.81. The average molecular weight is 231 g/mol. The third-order valence-corrected chi connectivity index (χ3v) is 2.75. The normalized spacial score (nSPS) is 12.6. The van der Waals surface area contributed by atoms with Crippen LogP contribution in [0.2, 0.25) is 0 Å². The number of nitrogens with zero attached hydrogens (tertiary/aromatic N) is 1. The van der Waals surface area contributed by atoms with Crippen LogP contribution in [0.25, 0.3) is 0 Å². The van der Waals surface area contributed by atoms with E-state index in [2.05, 4.69) is 17.2 Å². The number of hydrogen-bond donors (Lipinski definition) is 2. The second kappa shape index (κ2) is 5.01. The molecule has 1 atom stereocenters. The highest BCUT2D eigenvalue weighted by atomic mass is 16.3. The molecule has 0 aliphatic heterocycles. The van der Waals surface area contributed by atoms with Gasteiger partial charge in [0.1, 0.15) is 11.6 Å². The molecule has 1 unspecified atom stereocenters. The first kappa shape index (κ1) is 11.7. The van der Waals surface area contributed by atoms with Crippen LogP contribution in [0.1, 0.15) is 29.9 Å². The van der Waals surface area contributed by atoms with Crippen molar-refractivity contribution in [2.75, 3.05) is 12.3 Å². The van der Waals surface area contributed by atoms with Crippen molar-refractivity contribution in [2.24, 2.45) is 0 Å². The molecule has 0 radical (unpaired) electrons. The predicted molar refractivity (Wildman–Crippen MR) is 67.6 cm³/mol. The maximum atomic E-state index is 5.92. The van der Waals surface area contributed by atoms with E-state index in [-0.39, 0.29) is 6.04 Å². The summed E-state index contributed by atoms with van der Waals surface area (Å²) in [6.07, 6.45) is 3.39. The fraction of sp³-hybridized carbons (Fsp3) is 0.308. The molecule has 0 bridgehead atoms. The van der Waals surface area contributed by atoms with Crippen LogP contribution in [0, 0.1) is 6.92 Å². The molecule has 3 N–H and O–H groups in total. The summed E-state index contributed by atoms with van der Waals surface area (Å²) in [5, 5.41) is 3.37. The summed E-state index contributed by atoms with van der Waals surface area (Å²) in [4.78, 5) is 4.12. The zero-order chi connectivity index (χ0) is 12.3. The lowest BCUT2D eigenvalue weighted by Gasteiger charge is -2.18. The average Bonchev–Trinajstić information content (AvgIpc) is 2.74. The first-order valence-electron chi connectivity index (χ1n) is 5.71. The Balaban J connectivity index is 2.43. The van der Waals surface area contributed by atoms with Gasteiger partial charge in [-0.05, 0) is 31.2 Å². The molecular weight excluding hydrogens is 214 g/mol. The molecule has 0 aromatic carbocycles. The van der Waals surface area contributed by atoms with E-state index in [0.717, 1.165) is 23.4 Å². The summed E-state index contributed by atoms with van der Waals surface area (Å²) in [7, 11) is 0. The van der Waals surface area contributed by atoms with Crippen molar-refractivity contribution in [3.63, 3.8) is 0 Å². The van der Waals surface area contributed by atoms with Gasteiger partial charge in [0.2, 0.25) is 0 Å². The Kier molecular flexibility index (Phi) is 3.44. The summed E-state index contributed by atoms with van der Waals surface area (Å²) >= 11 is 0. The molecule has 4 heteroatoms. The number of rotatable bonds is 4. The second-order valence-electron chi connectivity index (χ2n) is 3.94. The fourth-order valence-corrected chi connectivity index (χ4v) is 1.90. The molecule has 17 heavy (non-hydrogen) atoms. The molecule has 90 valence electrons. The molecule has 2 aromatic rings. The van der Waals surface area contributed by atoms with Gasteiger partial charge >= 0.3 is 0 Å². The Morgan fingerprint density at radius 1 is 1.47 bits per heavy atom. The van der Waals surface area contributed by atoms with Crippen LogP contribution in [0.4, 0.5) is 5.82 Å². The molecule has 4 nitrogen and oxygen atoms in total. The third kappa shape index (κ3) is 2.31. The Bertz CT molecular complexity index is 493. The molecule has 0 aliphatic rings. The molecule has 2 rings (SSSR count). The van der Waals surface area contributed by atoms with E-state index in [0.29, 0.717) is 5.82 Å². The van der Waals surface area contributed by atoms with E-state index in [1.54, 1.807) is 12.5 Å². The summed E-state index contributed by atoms with van der Waals surface area (Å²) in [6.45, 7) is 4.91. The summed E-state index contributed by atoms with van der Waals surface area (Å²) in [5.41, 5.74) is 7.98. The van der Waals surface area contributed by atoms with Gasteiger partial charge in [0.15, 0.2) is 0 Å². The van der Waals surface area contributed by atoms with Gasteiger partial charge in [0.25, 0.3) is 0 Å². The lowest BCUT2D eigenvalue weighted by Crippen LogP contribution is -2.23. The summed E-state index contributed by atoms with van der Waals surface area (Å²) < 4.78 is 5.54. The van der Waals surface area contributed by atoms with E-state index >= 15 is 0 Å². The Morgan fingerprint density at radius 3 is 2.88 bits per heavy atom. The molecule has 0 amide bonds. The van der Waals surface area contributed by atoms with Gasteiger partial charge in [-0.15, -0.1) is 0 Å². The topological polar surface area (TPSA) is 64.1 Å². The number of nitrogens with two attached hydrogens (primary N) is 1. The van der Waals surface area contributed by atoms with Gasteiger partial charge in [-0.3, -0.25) is 0 Å². The van der Waals surface area contributed by atoms with Gasteiger partial charge in [0, 0.05) is 11.8 Å². The minimum Gasteiger partial charge on any atom is -0.467 e. The molecular formula is C13H17N3O. The minimum absolute atomic E-state index is 0.0382. The van der Waals surface area contributed by atoms with E-state index in [1.165, 1.54) is 0 Å². The number of aromatic nitrogens is 1. The SMILES string of the molecule is CCNC(c1cccnc1N)c1occc1C. The number of pyridine rings is 1. The van der Waals surface area contributed by atoms with Crippen molar-refractivity contribution in [2.45, 2.75) is 19.9 Å². The Morgan fingerprint density at radius 2 is 2.29 bits per heavy atom. The first-order chi connectivity index (χ1) is 8.24. The summed E-state index contributed by atoms with van der Waals surface area (Å²) in [6, 6.07) is 5.77. The van der Waals surface area contributed by atoms with Crippen molar-refractivity contribution in [3.8, 4) is 0 Å². The van der Waals surface area contributed by atoms with Crippen LogP contribution in [0.3, 0.4) is 0 Å². The number of nitrogen functional groups attached to an aromatic ring is 1. The number of nitrogens with one attached hydrogen (secondary N) is 1. The summed E-state index contributed by atoms with van der Waals surface area (Å²) in [5.74, 6) is 1.43. The molecule has 0 saturated heterocycles. The van der Waals surface area contributed by atoms with Crippen molar-refractivity contribution in [3.05, 3.63) is 47.5 Å². The molecule has 0 spiro atoms. The van der Waals surface area contributed by atoms with Gasteiger partial charge in [-0.2, -0.15) is 0 Å². The van der Waals surface area contributed by atoms with E-state index in [1.807, 2.05) is 25.1 Å². The number of anilines is 1. The van der Waals surface area contributed by atoms with Gasteiger partial charge < -0.3 is 15.5 Å². The van der Waals surface area contributed by atoms with Gasteiger partial charge in [-0.25, -0.2) is 4.98 Å². The number of aryl methyl sites for hydroxylation is 1. The molecule has 0 aliphatic carbocycles. The lowest BCUT2D eigenvalue weighted by molar-refractivity contribution is 0.449. The van der Waals surface area contributed by atoms with Gasteiger partial charge in [0.05, 0.1) is 12.3 Å². The Labute approximate surface area is 101 Å². The first-order valence-corrected chi connectivity index (χ1v) is 5.71. The number of furan rings is 1. The maximum Gasteiger partial charge on any atom is 0.128 e. The van der Waals surface area contributed by atoms with Crippen LogP contribution < -0.4 is 11.1 Å². The van der Waals surface area contributed by atoms with E-state index < -0.39 is 0 Å². The van der Waals surface area contributed by atoms with Crippen LogP contribution in [-0.4, -0.2) is 11.5 Å². The molecule has 2 heterocycles. The van der Waals surface area contributed by atoms with E-state index in [4.69, 9.17) is 10.2 Å². The monoisotopic (exact) mass is 231 g/mol. The maximum absolute atomic E-state index is 5.92. The molecule has 0 fully saturated rings. The largest absolute Gasteiger partial charge is 0.467 e. The van der Waals surface area contributed by atoms with Crippen LogP contribution in [-0.2, 0) is 0 Å². The van der Waals surface area contributed by atoms with E-state index in [9.17, 15) is 0 Å². The van der Waals surface area contributed by atoms with Crippen LogP contribution >= 0.6 is 0 Å². The molecule has 0 saturated carbocycles.